The van der Waals surface area contributed by atoms with Crippen LogP contribution < -0.4 is 0 Å². The molecule has 0 aliphatic rings. The van der Waals surface area contributed by atoms with E-state index < -0.39 is 54.4 Å². The Balaban J connectivity index is 5.62. The fourth-order valence-electron chi connectivity index (χ4n) is 1.14. The Labute approximate surface area is 127 Å². The van der Waals surface area contributed by atoms with Crippen LogP contribution in [0.25, 0.3) is 0 Å². The maximum Gasteiger partial charge on any atom is 0.473 e. The lowest BCUT2D eigenvalue weighted by Crippen LogP contribution is -2.63. The van der Waals surface area contributed by atoms with Gasteiger partial charge in [0.1, 0.15) is 0 Å². The molecule has 0 fully saturated rings. The monoisotopic (exact) mass is 382 g/mol. The molecule has 13 heteroatoms. The molecule has 142 valence electrons. The van der Waals surface area contributed by atoms with Crippen molar-refractivity contribution in [1.29, 1.82) is 0 Å². The zero-order chi connectivity index (χ0) is 19.8. The summed E-state index contributed by atoms with van der Waals surface area (Å²) in [5, 5.41) is 0. The summed E-state index contributed by atoms with van der Waals surface area (Å²) >= 11 is 0. The number of esters is 1. The predicted octanol–water partition coefficient (Wildman–Crippen LogP) is 4.95. The third kappa shape index (κ3) is 4.50. The van der Waals surface area contributed by atoms with Crippen LogP contribution in [-0.2, 0) is 9.53 Å². The number of ether oxygens (including phenoxy) is 1. The molecule has 0 aromatic rings. The van der Waals surface area contributed by atoms with Crippen LogP contribution in [0.4, 0.5) is 48.3 Å². The number of carbonyl (C=O) groups is 1. The number of halogens is 11. The van der Waals surface area contributed by atoms with Crippen molar-refractivity contribution in [2.24, 2.45) is 0 Å². The average Bonchev–Trinajstić information content (AvgIpc) is 2.34. The molecule has 0 radical (unpaired) electrons. The fourth-order valence-corrected chi connectivity index (χ4v) is 1.14. The topological polar surface area (TPSA) is 26.3 Å². The molecule has 0 atom stereocenters. The highest BCUT2D eigenvalue weighted by molar-refractivity contribution is 5.87. The summed E-state index contributed by atoms with van der Waals surface area (Å²) in [6.07, 6.45) is -17.4. The second-order valence-corrected chi connectivity index (χ2v) is 4.66. The largest absolute Gasteiger partial charge is 0.473 e. The van der Waals surface area contributed by atoms with E-state index in [1.165, 1.54) is 0 Å². The average molecular weight is 382 g/mol. The third-order valence-electron chi connectivity index (χ3n) is 2.51. The molecule has 0 saturated heterocycles. The van der Waals surface area contributed by atoms with Crippen LogP contribution >= 0.6 is 0 Å². The molecule has 0 unspecified atom stereocenters. The first-order valence-electron chi connectivity index (χ1n) is 5.75. The van der Waals surface area contributed by atoms with Crippen molar-refractivity contribution in [1.82, 2.24) is 0 Å². The molecule has 0 aliphatic heterocycles. The smallest absolute Gasteiger partial charge is 0.393 e. The van der Waals surface area contributed by atoms with Gasteiger partial charge in [0.25, 0.3) is 0 Å². The van der Waals surface area contributed by atoms with Crippen molar-refractivity contribution in [2.75, 3.05) is 0 Å². The van der Waals surface area contributed by atoms with Crippen molar-refractivity contribution in [2.45, 2.75) is 49.8 Å². The maximum atomic E-state index is 13.2. The standard InChI is InChI=1S/C11H9F11O2/c1-5(2)6(23)24-11(21,22)10(19,20)9(17,18)7(12,13)3-4-8(14,15)16/h1,3-4H2,2H3. The van der Waals surface area contributed by atoms with Crippen LogP contribution in [0.5, 0.6) is 0 Å². The second kappa shape index (κ2) is 6.39. The molecular weight excluding hydrogens is 373 g/mol. The Morgan fingerprint density at radius 2 is 1.25 bits per heavy atom. The molecule has 0 spiro atoms. The first kappa shape index (κ1) is 22.4. The number of rotatable bonds is 7. The fraction of sp³-hybridized carbons (Fsp3) is 0.727. The lowest BCUT2D eigenvalue weighted by molar-refractivity contribution is -0.417. The van der Waals surface area contributed by atoms with Gasteiger partial charge in [-0.25, -0.2) is 4.79 Å². The van der Waals surface area contributed by atoms with Gasteiger partial charge in [-0.1, -0.05) is 6.58 Å². The Morgan fingerprint density at radius 3 is 1.58 bits per heavy atom. The Hall–Kier alpha value is -1.56. The first-order valence-corrected chi connectivity index (χ1v) is 5.75. The van der Waals surface area contributed by atoms with Gasteiger partial charge in [0.15, 0.2) is 0 Å². The Bertz CT molecular complexity index is 493. The van der Waals surface area contributed by atoms with Gasteiger partial charge in [-0.15, -0.1) is 0 Å². The molecule has 24 heavy (non-hydrogen) atoms. The third-order valence-corrected chi connectivity index (χ3v) is 2.51. The van der Waals surface area contributed by atoms with Gasteiger partial charge in [-0.2, -0.15) is 48.3 Å². The lowest BCUT2D eigenvalue weighted by Gasteiger charge is -2.35. The van der Waals surface area contributed by atoms with Crippen molar-refractivity contribution >= 4 is 5.97 Å². The van der Waals surface area contributed by atoms with Crippen LogP contribution in [0, 0.1) is 0 Å². The highest BCUT2D eigenvalue weighted by Gasteiger charge is 2.82. The molecule has 0 N–H and O–H groups in total. The summed E-state index contributed by atoms with van der Waals surface area (Å²) in [7, 11) is 0. The van der Waals surface area contributed by atoms with Gasteiger partial charge in [0.2, 0.25) is 0 Å². The van der Waals surface area contributed by atoms with Crippen LogP contribution in [0.1, 0.15) is 19.8 Å². The van der Waals surface area contributed by atoms with Gasteiger partial charge in [0.05, 0.1) is 0 Å². The van der Waals surface area contributed by atoms with Crippen molar-refractivity contribution in [3.63, 3.8) is 0 Å². The number of alkyl halides is 11. The highest BCUT2D eigenvalue weighted by atomic mass is 19.4. The normalized spacial score (nSPS) is 14.5. The number of hydrogen-bond acceptors (Lipinski definition) is 2. The van der Waals surface area contributed by atoms with Crippen molar-refractivity contribution in [3.8, 4) is 0 Å². The van der Waals surface area contributed by atoms with E-state index in [0.717, 1.165) is 0 Å². The van der Waals surface area contributed by atoms with Crippen LogP contribution in [0.3, 0.4) is 0 Å². The molecule has 0 aromatic heterocycles. The lowest BCUT2D eigenvalue weighted by atomic mass is 9.99. The molecule has 0 saturated carbocycles. The predicted molar refractivity (Wildman–Crippen MR) is 56.0 cm³/mol. The van der Waals surface area contributed by atoms with Gasteiger partial charge in [0, 0.05) is 18.4 Å². The van der Waals surface area contributed by atoms with E-state index in [2.05, 4.69) is 11.3 Å². The highest BCUT2D eigenvalue weighted by Crippen LogP contribution is 2.54. The molecular formula is C11H9F11O2. The van der Waals surface area contributed by atoms with Crippen LogP contribution in [-0.4, -0.2) is 36.0 Å². The summed E-state index contributed by atoms with van der Waals surface area (Å²) in [6.45, 7) is 3.33. The van der Waals surface area contributed by atoms with E-state index in [9.17, 15) is 53.1 Å². The maximum absolute atomic E-state index is 13.2. The van der Waals surface area contributed by atoms with E-state index in [0.29, 0.717) is 6.92 Å². The van der Waals surface area contributed by atoms with Gasteiger partial charge in [-0.3, -0.25) is 0 Å². The number of hydrogen-bond donors (Lipinski definition) is 0. The van der Waals surface area contributed by atoms with Crippen LogP contribution in [0.2, 0.25) is 0 Å². The minimum atomic E-state index is -7.00. The minimum Gasteiger partial charge on any atom is -0.393 e. The molecule has 0 rings (SSSR count). The van der Waals surface area contributed by atoms with E-state index in [4.69, 9.17) is 0 Å². The van der Waals surface area contributed by atoms with E-state index in [1.807, 2.05) is 0 Å². The summed E-state index contributed by atoms with van der Waals surface area (Å²) in [5.74, 6) is -22.4. The summed E-state index contributed by atoms with van der Waals surface area (Å²) in [6, 6.07) is 0. The van der Waals surface area contributed by atoms with E-state index in [1.54, 1.807) is 0 Å². The first-order chi connectivity index (χ1) is 10.3. The summed E-state index contributed by atoms with van der Waals surface area (Å²) in [4.78, 5) is 10.7. The van der Waals surface area contributed by atoms with Gasteiger partial charge < -0.3 is 4.74 Å². The molecule has 0 aliphatic carbocycles. The zero-order valence-corrected chi connectivity index (χ0v) is 11.6. The zero-order valence-electron chi connectivity index (χ0n) is 11.6. The molecule has 2 nitrogen and oxygen atoms in total. The van der Waals surface area contributed by atoms with Crippen LogP contribution in [0.15, 0.2) is 12.2 Å². The van der Waals surface area contributed by atoms with Crippen molar-refractivity contribution < 1.29 is 57.8 Å². The van der Waals surface area contributed by atoms with Crippen molar-refractivity contribution in [3.05, 3.63) is 12.2 Å². The number of carbonyl (C=O) groups excluding carboxylic acids is 1. The quantitative estimate of drug-likeness (QED) is 0.354. The van der Waals surface area contributed by atoms with E-state index in [-0.39, 0.29) is 0 Å². The Morgan fingerprint density at radius 1 is 0.833 bits per heavy atom. The molecule has 0 amide bonds. The van der Waals surface area contributed by atoms with E-state index >= 15 is 0 Å². The minimum absolute atomic E-state index is 0.659. The second-order valence-electron chi connectivity index (χ2n) is 4.66. The molecule has 0 bridgehead atoms. The summed E-state index contributed by atoms with van der Waals surface area (Å²) < 4.78 is 143. The van der Waals surface area contributed by atoms with Gasteiger partial charge >= 0.3 is 36.0 Å². The summed E-state index contributed by atoms with van der Waals surface area (Å²) in [5.41, 5.74) is -0.947. The molecule has 0 aromatic carbocycles. The SMILES string of the molecule is C=C(C)C(=O)OC(F)(F)C(F)(F)C(F)(F)C(F)(F)CCC(F)(F)F. The van der Waals surface area contributed by atoms with Gasteiger partial charge in [-0.05, 0) is 6.92 Å². The molecule has 0 heterocycles. The Kier molecular flexibility index (Phi) is 5.97.